The summed E-state index contributed by atoms with van der Waals surface area (Å²) in [5.74, 6) is 0.822. The van der Waals surface area contributed by atoms with Crippen molar-refractivity contribution in [2.75, 3.05) is 19.0 Å². The molecular formula is C26H30N2O2S. The van der Waals surface area contributed by atoms with Gasteiger partial charge in [0, 0.05) is 22.0 Å². The number of benzene rings is 2. The van der Waals surface area contributed by atoms with Crippen molar-refractivity contribution in [1.29, 1.82) is 0 Å². The number of anilines is 1. The maximum atomic E-state index is 13.5. The number of carbonyl (C=O) groups is 1. The van der Waals surface area contributed by atoms with Gasteiger partial charge in [-0.15, -0.1) is 11.3 Å². The molecule has 4 nitrogen and oxygen atoms in total. The van der Waals surface area contributed by atoms with Crippen molar-refractivity contribution in [3.8, 4) is 5.75 Å². The van der Waals surface area contributed by atoms with E-state index in [1.807, 2.05) is 48.3 Å². The molecule has 2 aromatic carbocycles. The maximum Gasteiger partial charge on any atom is 0.322 e. The summed E-state index contributed by atoms with van der Waals surface area (Å²) in [7, 11) is 1.67. The number of fused-ring (bicyclic) bond motifs is 1. The fourth-order valence-electron chi connectivity index (χ4n) is 4.50. The van der Waals surface area contributed by atoms with Crippen molar-refractivity contribution in [3.05, 3.63) is 80.0 Å². The number of hydrogen-bond donors (Lipinski definition) is 1. The van der Waals surface area contributed by atoms with Crippen LogP contribution in [0.25, 0.3) is 0 Å². The van der Waals surface area contributed by atoms with Crippen LogP contribution in [0, 0.1) is 20.8 Å². The summed E-state index contributed by atoms with van der Waals surface area (Å²) in [4.78, 5) is 18.1. The fourth-order valence-corrected chi connectivity index (χ4v) is 5.95. The Hall–Kier alpha value is -2.79. The third-order valence-electron chi connectivity index (χ3n) is 6.19. The van der Waals surface area contributed by atoms with Gasteiger partial charge < -0.3 is 15.0 Å². The molecule has 1 aliphatic rings. The lowest BCUT2D eigenvalue weighted by atomic mass is 9.92. The van der Waals surface area contributed by atoms with Gasteiger partial charge in [-0.1, -0.05) is 31.2 Å². The van der Waals surface area contributed by atoms with Gasteiger partial charge in [0.15, 0.2) is 0 Å². The molecule has 1 aliphatic heterocycles. The van der Waals surface area contributed by atoms with Crippen molar-refractivity contribution < 1.29 is 9.53 Å². The van der Waals surface area contributed by atoms with E-state index < -0.39 is 0 Å². The number of hydrogen-bond acceptors (Lipinski definition) is 3. The van der Waals surface area contributed by atoms with Gasteiger partial charge in [-0.2, -0.15) is 0 Å². The van der Waals surface area contributed by atoms with Gasteiger partial charge >= 0.3 is 6.03 Å². The number of carbonyl (C=O) groups excluding carboxylic acids is 1. The third kappa shape index (κ3) is 4.07. The second kappa shape index (κ2) is 8.75. The average Bonchev–Trinajstić information content (AvgIpc) is 3.10. The molecule has 0 saturated heterocycles. The van der Waals surface area contributed by atoms with Crippen molar-refractivity contribution >= 4 is 23.1 Å². The predicted octanol–water partition coefficient (Wildman–Crippen LogP) is 6.42. The van der Waals surface area contributed by atoms with Crippen LogP contribution >= 0.6 is 11.3 Å². The zero-order valence-electron chi connectivity index (χ0n) is 18.9. The molecule has 0 saturated carbocycles. The number of amides is 2. The highest BCUT2D eigenvalue weighted by molar-refractivity contribution is 7.12. The SMILES string of the molecule is CCc1c(C)sc2c1CCN(C(=O)Nc1cc(C)ccc1C)C2c1ccc(OC)cc1. The van der Waals surface area contributed by atoms with Gasteiger partial charge in [0.1, 0.15) is 5.75 Å². The number of aryl methyl sites for hydroxylation is 3. The van der Waals surface area contributed by atoms with Crippen LogP contribution in [0.15, 0.2) is 42.5 Å². The van der Waals surface area contributed by atoms with Crippen LogP contribution in [0.4, 0.5) is 10.5 Å². The quantitative estimate of drug-likeness (QED) is 0.514. The molecule has 1 atom stereocenters. The van der Waals surface area contributed by atoms with Crippen LogP contribution in [-0.2, 0) is 12.8 Å². The number of nitrogens with zero attached hydrogens (tertiary/aromatic N) is 1. The topological polar surface area (TPSA) is 41.6 Å². The summed E-state index contributed by atoms with van der Waals surface area (Å²) in [6.07, 6.45) is 1.93. The van der Waals surface area contributed by atoms with E-state index in [0.29, 0.717) is 6.54 Å². The molecule has 0 fully saturated rings. The minimum Gasteiger partial charge on any atom is -0.497 e. The molecule has 2 heterocycles. The molecule has 0 spiro atoms. The predicted molar refractivity (Wildman–Crippen MR) is 129 cm³/mol. The highest BCUT2D eigenvalue weighted by Crippen LogP contribution is 2.43. The zero-order valence-corrected chi connectivity index (χ0v) is 19.7. The zero-order chi connectivity index (χ0) is 22.1. The lowest BCUT2D eigenvalue weighted by molar-refractivity contribution is 0.195. The summed E-state index contributed by atoms with van der Waals surface area (Å²) >= 11 is 1.83. The Kier molecular flexibility index (Phi) is 6.05. The first-order chi connectivity index (χ1) is 14.9. The maximum absolute atomic E-state index is 13.5. The van der Waals surface area contributed by atoms with Crippen molar-refractivity contribution in [3.63, 3.8) is 0 Å². The highest BCUT2D eigenvalue weighted by atomic mass is 32.1. The number of thiophene rings is 1. The molecule has 4 rings (SSSR count). The van der Waals surface area contributed by atoms with Crippen LogP contribution in [-0.4, -0.2) is 24.6 Å². The van der Waals surface area contributed by atoms with Crippen LogP contribution in [0.2, 0.25) is 0 Å². The van der Waals surface area contributed by atoms with E-state index in [-0.39, 0.29) is 12.1 Å². The Balaban J connectivity index is 1.74. The van der Waals surface area contributed by atoms with E-state index in [4.69, 9.17) is 4.74 Å². The number of rotatable bonds is 4. The second-order valence-corrected chi connectivity index (χ2v) is 9.46. The molecule has 5 heteroatoms. The molecule has 0 radical (unpaired) electrons. The number of ether oxygens (including phenoxy) is 1. The average molecular weight is 435 g/mol. The van der Waals surface area contributed by atoms with E-state index >= 15 is 0 Å². The number of methoxy groups -OCH3 is 1. The Bertz CT molecular complexity index is 1100. The van der Waals surface area contributed by atoms with E-state index in [1.165, 1.54) is 20.9 Å². The van der Waals surface area contributed by atoms with Gasteiger partial charge in [-0.3, -0.25) is 0 Å². The van der Waals surface area contributed by atoms with Crippen molar-refractivity contribution in [2.24, 2.45) is 0 Å². The summed E-state index contributed by atoms with van der Waals surface area (Å²) in [6, 6.07) is 14.1. The highest BCUT2D eigenvalue weighted by Gasteiger charge is 2.35. The van der Waals surface area contributed by atoms with Gasteiger partial charge in [0.25, 0.3) is 0 Å². The Morgan fingerprint density at radius 3 is 2.58 bits per heavy atom. The van der Waals surface area contributed by atoms with Gasteiger partial charge in [0.2, 0.25) is 0 Å². The van der Waals surface area contributed by atoms with E-state index in [1.54, 1.807) is 7.11 Å². The van der Waals surface area contributed by atoms with E-state index in [0.717, 1.165) is 41.0 Å². The monoisotopic (exact) mass is 434 g/mol. The summed E-state index contributed by atoms with van der Waals surface area (Å²) in [5.41, 5.74) is 7.07. The largest absolute Gasteiger partial charge is 0.497 e. The van der Waals surface area contributed by atoms with Crippen LogP contribution in [0.3, 0.4) is 0 Å². The molecule has 1 unspecified atom stereocenters. The first kappa shape index (κ1) is 21.4. The van der Waals surface area contributed by atoms with Gasteiger partial charge in [-0.25, -0.2) is 4.79 Å². The number of nitrogens with one attached hydrogen (secondary N) is 1. The molecule has 1 aromatic heterocycles. The molecule has 1 N–H and O–H groups in total. The molecule has 162 valence electrons. The summed E-state index contributed by atoms with van der Waals surface area (Å²) in [5, 5.41) is 3.18. The van der Waals surface area contributed by atoms with Crippen molar-refractivity contribution in [2.45, 2.75) is 46.6 Å². The normalized spacial score (nSPS) is 15.5. The Labute approximate surface area is 188 Å². The number of urea groups is 1. The molecule has 0 bridgehead atoms. The molecule has 3 aromatic rings. The molecular weight excluding hydrogens is 404 g/mol. The summed E-state index contributed by atoms with van der Waals surface area (Å²) in [6.45, 7) is 9.19. The first-order valence-corrected chi connectivity index (χ1v) is 11.6. The molecule has 0 aliphatic carbocycles. The molecule has 2 amide bonds. The second-order valence-electron chi connectivity index (χ2n) is 8.20. The lowest BCUT2D eigenvalue weighted by Gasteiger charge is -2.36. The smallest absolute Gasteiger partial charge is 0.322 e. The van der Waals surface area contributed by atoms with Gasteiger partial charge in [0.05, 0.1) is 13.2 Å². The van der Waals surface area contributed by atoms with E-state index in [9.17, 15) is 4.79 Å². The third-order valence-corrected chi connectivity index (χ3v) is 7.44. The Morgan fingerprint density at radius 2 is 1.90 bits per heavy atom. The first-order valence-electron chi connectivity index (χ1n) is 10.8. The van der Waals surface area contributed by atoms with Crippen LogP contribution in [0.5, 0.6) is 5.75 Å². The van der Waals surface area contributed by atoms with Gasteiger partial charge in [-0.05, 0) is 79.6 Å². The van der Waals surface area contributed by atoms with Crippen molar-refractivity contribution in [1.82, 2.24) is 4.90 Å². The van der Waals surface area contributed by atoms with E-state index in [2.05, 4.69) is 43.4 Å². The summed E-state index contributed by atoms with van der Waals surface area (Å²) < 4.78 is 5.35. The Morgan fingerprint density at radius 1 is 1.16 bits per heavy atom. The fraction of sp³-hybridized carbons (Fsp3) is 0.346. The minimum absolute atomic E-state index is 0.0516. The molecule has 31 heavy (non-hydrogen) atoms. The lowest BCUT2D eigenvalue weighted by Crippen LogP contribution is -2.42. The minimum atomic E-state index is -0.0937. The van der Waals surface area contributed by atoms with Crippen LogP contribution < -0.4 is 10.1 Å². The standard InChI is InChI=1S/C26H30N2O2S/c1-6-21-18(4)31-25-22(21)13-14-28(24(25)19-9-11-20(30-5)12-10-19)26(29)27-23-15-16(2)7-8-17(23)3/h7-12,15,24H,6,13-14H2,1-5H3,(H,27,29). The van der Waals surface area contributed by atoms with Crippen LogP contribution in [0.1, 0.15) is 50.5 Å².